The molecule has 1 unspecified atom stereocenters. The zero-order valence-electron chi connectivity index (χ0n) is 12.4. The molecule has 0 N–H and O–H groups in total. The summed E-state index contributed by atoms with van der Waals surface area (Å²) >= 11 is 0. The first kappa shape index (κ1) is 15.1. The normalized spacial score (nSPS) is 11.6. The summed E-state index contributed by atoms with van der Waals surface area (Å²) < 4.78 is 5.76. The molecule has 0 bridgehead atoms. The quantitative estimate of drug-likeness (QED) is 0.481. The molecule has 0 fully saturated rings. The van der Waals surface area contributed by atoms with Crippen molar-refractivity contribution in [2.45, 2.75) is 18.8 Å². The highest BCUT2D eigenvalue weighted by atomic mass is 16.5. The fourth-order valence-corrected chi connectivity index (χ4v) is 2.33. The zero-order valence-corrected chi connectivity index (χ0v) is 12.4. The van der Waals surface area contributed by atoms with Crippen LogP contribution in [0.4, 0.5) is 0 Å². The van der Waals surface area contributed by atoms with Crippen molar-refractivity contribution >= 4 is 0 Å². The summed E-state index contributed by atoms with van der Waals surface area (Å²) in [5.41, 5.74) is 2.51. The van der Waals surface area contributed by atoms with Gasteiger partial charge in [-0.05, 0) is 17.5 Å². The van der Waals surface area contributed by atoms with Gasteiger partial charge in [0, 0.05) is 12.3 Å². The number of rotatable bonds is 8. The van der Waals surface area contributed by atoms with Gasteiger partial charge in [-0.15, -0.1) is 6.58 Å². The molecule has 0 aliphatic rings. The largest absolute Gasteiger partial charge is 0.498 e. The Balaban J connectivity index is 1.78. The van der Waals surface area contributed by atoms with Gasteiger partial charge < -0.3 is 4.74 Å². The third-order valence-corrected chi connectivity index (χ3v) is 3.49. The average molecular weight is 278 g/mol. The minimum Gasteiger partial charge on any atom is -0.498 e. The van der Waals surface area contributed by atoms with Crippen LogP contribution in [-0.2, 0) is 11.2 Å². The smallest absolute Gasteiger partial charge is 0.0931 e. The van der Waals surface area contributed by atoms with E-state index in [1.807, 2.05) is 30.3 Å². The van der Waals surface area contributed by atoms with Gasteiger partial charge in [-0.25, -0.2) is 0 Å². The van der Waals surface area contributed by atoms with Crippen molar-refractivity contribution in [2.75, 3.05) is 6.61 Å². The van der Waals surface area contributed by atoms with Crippen LogP contribution in [-0.4, -0.2) is 6.61 Å². The van der Waals surface area contributed by atoms with Gasteiger partial charge in [-0.2, -0.15) is 0 Å². The van der Waals surface area contributed by atoms with E-state index < -0.39 is 0 Å². The molecule has 2 aromatic rings. The molecule has 1 nitrogen and oxygen atoms in total. The van der Waals surface area contributed by atoms with Gasteiger partial charge in [0.05, 0.1) is 12.4 Å². The minimum absolute atomic E-state index is 0.329. The summed E-state index contributed by atoms with van der Waals surface area (Å²) in [5, 5.41) is 0. The van der Waals surface area contributed by atoms with Gasteiger partial charge in [0.2, 0.25) is 0 Å². The van der Waals surface area contributed by atoms with Crippen molar-refractivity contribution < 1.29 is 4.74 Å². The van der Waals surface area contributed by atoms with E-state index in [-0.39, 0.29) is 0 Å². The summed E-state index contributed by atoms with van der Waals surface area (Å²) in [5.74, 6) is 1.15. The van der Waals surface area contributed by atoms with E-state index in [1.165, 1.54) is 11.1 Å². The van der Waals surface area contributed by atoms with Gasteiger partial charge in [-0.1, -0.05) is 73.3 Å². The molecule has 0 aromatic heterocycles. The fraction of sp³-hybridized carbons (Fsp3) is 0.200. The van der Waals surface area contributed by atoms with E-state index in [9.17, 15) is 0 Å². The van der Waals surface area contributed by atoms with Crippen LogP contribution in [0.15, 0.2) is 85.7 Å². The van der Waals surface area contributed by atoms with E-state index in [2.05, 4.69) is 49.6 Å². The monoisotopic (exact) mass is 278 g/mol. The summed E-state index contributed by atoms with van der Waals surface area (Å²) in [7, 11) is 0. The van der Waals surface area contributed by atoms with Crippen LogP contribution in [0.2, 0.25) is 0 Å². The molecule has 2 aromatic carbocycles. The number of benzene rings is 2. The van der Waals surface area contributed by atoms with Crippen molar-refractivity contribution in [1.29, 1.82) is 0 Å². The molecule has 0 aliphatic carbocycles. The fourth-order valence-electron chi connectivity index (χ4n) is 2.33. The van der Waals surface area contributed by atoms with Gasteiger partial charge in [-0.3, -0.25) is 0 Å². The third-order valence-electron chi connectivity index (χ3n) is 3.49. The number of allylic oxidation sites excluding steroid dienone is 2. The Morgan fingerprint density at radius 3 is 2.24 bits per heavy atom. The molecule has 0 saturated heterocycles. The molecule has 0 saturated carbocycles. The maximum absolute atomic E-state index is 5.76. The van der Waals surface area contributed by atoms with E-state index >= 15 is 0 Å². The standard InChI is InChI=1S/C20H22O/c1-3-19(20-12-8-5-9-13-20)14-15-21-17(2)16-18-10-6-4-7-11-18/h3-13,19H,1-2,14-16H2. The minimum atomic E-state index is 0.329. The molecule has 1 atom stereocenters. The first-order chi connectivity index (χ1) is 10.3. The second-order valence-corrected chi connectivity index (χ2v) is 5.09. The second-order valence-electron chi connectivity index (χ2n) is 5.09. The molecule has 0 radical (unpaired) electrons. The van der Waals surface area contributed by atoms with Crippen LogP contribution < -0.4 is 0 Å². The van der Waals surface area contributed by atoms with Crippen LogP contribution in [0.5, 0.6) is 0 Å². The van der Waals surface area contributed by atoms with Crippen LogP contribution in [0.25, 0.3) is 0 Å². The number of hydrogen-bond acceptors (Lipinski definition) is 1. The topological polar surface area (TPSA) is 9.23 Å². The first-order valence-electron chi connectivity index (χ1n) is 7.31. The molecule has 0 amide bonds. The van der Waals surface area contributed by atoms with E-state index in [1.54, 1.807) is 0 Å². The maximum Gasteiger partial charge on any atom is 0.0931 e. The molecule has 0 spiro atoms. The van der Waals surface area contributed by atoms with Crippen molar-refractivity contribution in [3.05, 3.63) is 96.8 Å². The average Bonchev–Trinajstić information content (AvgIpc) is 2.53. The Morgan fingerprint density at radius 1 is 1.00 bits per heavy atom. The van der Waals surface area contributed by atoms with Crippen molar-refractivity contribution in [3.8, 4) is 0 Å². The van der Waals surface area contributed by atoms with Gasteiger partial charge in [0.15, 0.2) is 0 Å². The van der Waals surface area contributed by atoms with Gasteiger partial charge in [0.25, 0.3) is 0 Å². The first-order valence-corrected chi connectivity index (χ1v) is 7.31. The SMILES string of the molecule is C=CC(CCOC(=C)Cc1ccccc1)c1ccccc1. The summed E-state index contributed by atoms with van der Waals surface area (Å²) in [4.78, 5) is 0. The Morgan fingerprint density at radius 2 is 1.62 bits per heavy atom. The lowest BCUT2D eigenvalue weighted by Crippen LogP contribution is -2.03. The van der Waals surface area contributed by atoms with E-state index in [4.69, 9.17) is 4.74 Å². The Hall–Kier alpha value is -2.28. The predicted molar refractivity (Wildman–Crippen MR) is 89.2 cm³/mol. The van der Waals surface area contributed by atoms with Gasteiger partial charge in [0.1, 0.15) is 0 Å². The second kappa shape index (κ2) is 8.11. The lowest BCUT2D eigenvalue weighted by molar-refractivity contribution is 0.201. The highest BCUT2D eigenvalue weighted by Crippen LogP contribution is 2.21. The van der Waals surface area contributed by atoms with E-state index in [0.717, 1.165) is 18.6 Å². The molecule has 0 aliphatic heterocycles. The molecule has 21 heavy (non-hydrogen) atoms. The van der Waals surface area contributed by atoms with Crippen molar-refractivity contribution in [2.24, 2.45) is 0 Å². The summed E-state index contributed by atoms with van der Waals surface area (Å²) in [6, 6.07) is 20.7. The molecule has 108 valence electrons. The van der Waals surface area contributed by atoms with Crippen molar-refractivity contribution in [1.82, 2.24) is 0 Å². The summed E-state index contributed by atoms with van der Waals surface area (Å²) in [6.07, 6.45) is 3.67. The Bertz CT molecular complexity index is 557. The Kier molecular flexibility index (Phi) is 5.83. The molecule has 1 heteroatoms. The van der Waals surface area contributed by atoms with Crippen LogP contribution in [0.3, 0.4) is 0 Å². The number of hydrogen-bond donors (Lipinski definition) is 0. The van der Waals surface area contributed by atoms with Gasteiger partial charge >= 0.3 is 0 Å². The predicted octanol–water partition coefficient (Wildman–Crippen LogP) is 5.12. The lowest BCUT2D eigenvalue weighted by atomic mass is 9.96. The Labute approximate surface area is 127 Å². The number of ether oxygens (including phenoxy) is 1. The third kappa shape index (κ3) is 4.96. The molecular formula is C20H22O. The molecule has 2 rings (SSSR count). The van der Waals surface area contributed by atoms with E-state index in [0.29, 0.717) is 12.5 Å². The summed E-state index contributed by atoms with van der Waals surface area (Å²) in [6.45, 7) is 8.59. The lowest BCUT2D eigenvalue weighted by Gasteiger charge is -2.14. The molecule has 0 heterocycles. The van der Waals surface area contributed by atoms with Crippen molar-refractivity contribution in [3.63, 3.8) is 0 Å². The van der Waals surface area contributed by atoms with Crippen LogP contribution >= 0.6 is 0 Å². The highest BCUT2D eigenvalue weighted by molar-refractivity contribution is 5.23. The molecular weight excluding hydrogens is 256 g/mol. The zero-order chi connectivity index (χ0) is 14.9. The van der Waals surface area contributed by atoms with Crippen LogP contribution in [0, 0.1) is 0 Å². The van der Waals surface area contributed by atoms with Crippen LogP contribution in [0.1, 0.15) is 23.5 Å². The maximum atomic E-state index is 5.76. The highest BCUT2D eigenvalue weighted by Gasteiger charge is 2.07.